The average molecular weight is 353 g/mol. The number of ether oxygens (including phenoxy) is 2. The van der Waals surface area contributed by atoms with Crippen LogP contribution in [-0.2, 0) is 22.7 Å². The quantitative estimate of drug-likeness (QED) is 0.885. The maximum atomic E-state index is 12.1. The molecule has 2 aliphatic rings. The molecule has 2 aliphatic heterocycles. The highest BCUT2D eigenvalue weighted by molar-refractivity contribution is 5.79. The molecule has 2 atom stereocenters. The van der Waals surface area contributed by atoms with Gasteiger partial charge in [0.05, 0.1) is 30.9 Å². The first-order chi connectivity index (χ1) is 12.8. The maximum Gasteiger partial charge on any atom is 0.227 e. The molecule has 6 nitrogen and oxygen atoms in total. The van der Waals surface area contributed by atoms with Gasteiger partial charge >= 0.3 is 0 Å². The fraction of sp³-hybridized carbons (Fsp3) is 0.400. The van der Waals surface area contributed by atoms with Crippen LogP contribution in [0.5, 0.6) is 5.75 Å². The van der Waals surface area contributed by atoms with Gasteiger partial charge in [0.1, 0.15) is 12.4 Å². The molecule has 2 bridgehead atoms. The van der Waals surface area contributed by atoms with E-state index in [9.17, 15) is 4.79 Å². The number of hydrogen-bond acceptors (Lipinski definition) is 5. The topological polar surface area (TPSA) is 63.7 Å². The van der Waals surface area contributed by atoms with Crippen molar-refractivity contribution in [1.82, 2.24) is 15.2 Å². The van der Waals surface area contributed by atoms with E-state index in [1.807, 2.05) is 30.3 Å². The zero-order chi connectivity index (χ0) is 17.8. The summed E-state index contributed by atoms with van der Waals surface area (Å²) in [6, 6.07) is 14.0. The van der Waals surface area contributed by atoms with Crippen molar-refractivity contribution in [2.75, 3.05) is 26.3 Å². The molecule has 3 heterocycles. The number of rotatable bonds is 5. The van der Waals surface area contributed by atoms with Gasteiger partial charge in [-0.3, -0.25) is 14.7 Å². The SMILES string of the molecule is O=C1N[C@@H]2COC[C@H]1CN(Cc1ccc(OCc3ccccn3)cc1)C2. The number of nitrogens with one attached hydrogen (secondary N) is 1. The van der Waals surface area contributed by atoms with Crippen molar-refractivity contribution < 1.29 is 14.3 Å². The van der Waals surface area contributed by atoms with Crippen molar-refractivity contribution in [3.63, 3.8) is 0 Å². The normalized spacial score (nSPS) is 23.2. The Morgan fingerprint density at radius 1 is 1.15 bits per heavy atom. The standard InChI is InChI=1S/C20H23N3O3/c24-20-16-10-23(11-18(22-20)13-25-12-16)9-15-4-6-19(7-5-15)26-14-17-3-1-2-8-21-17/h1-8,16,18H,9-14H2,(H,22,24)/t16-,18+/m1/s1. The fourth-order valence-corrected chi connectivity index (χ4v) is 3.44. The van der Waals surface area contributed by atoms with Crippen LogP contribution in [0.4, 0.5) is 0 Å². The van der Waals surface area contributed by atoms with Gasteiger partial charge in [0, 0.05) is 25.8 Å². The van der Waals surface area contributed by atoms with Crippen LogP contribution in [-0.4, -0.2) is 48.1 Å². The zero-order valence-corrected chi connectivity index (χ0v) is 14.6. The third-order valence-corrected chi connectivity index (χ3v) is 4.75. The van der Waals surface area contributed by atoms with E-state index in [1.54, 1.807) is 6.20 Å². The second kappa shape index (κ2) is 7.85. The van der Waals surface area contributed by atoms with Gasteiger partial charge in [0.25, 0.3) is 0 Å². The summed E-state index contributed by atoms with van der Waals surface area (Å²) in [5.41, 5.74) is 2.12. The van der Waals surface area contributed by atoms with E-state index >= 15 is 0 Å². The summed E-state index contributed by atoms with van der Waals surface area (Å²) in [6.45, 7) is 3.95. The molecule has 1 aromatic carbocycles. The van der Waals surface area contributed by atoms with Gasteiger partial charge in [-0.15, -0.1) is 0 Å². The van der Waals surface area contributed by atoms with Crippen LogP contribution in [0.2, 0.25) is 0 Å². The van der Waals surface area contributed by atoms with Crippen LogP contribution in [0.1, 0.15) is 11.3 Å². The molecule has 4 rings (SSSR count). The third-order valence-electron chi connectivity index (χ3n) is 4.75. The van der Waals surface area contributed by atoms with Crippen molar-refractivity contribution in [3.8, 4) is 5.75 Å². The molecular formula is C20H23N3O3. The predicted molar refractivity (Wildman–Crippen MR) is 96.5 cm³/mol. The highest BCUT2D eigenvalue weighted by Crippen LogP contribution is 2.18. The van der Waals surface area contributed by atoms with Gasteiger partial charge in [-0.05, 0) is 29.8 Å². The molecule has 0 unspecified atom stereocenters. The molecule has 1 N–H and O–H groups in total. The molecule has 2 saturated heterocycles. The lowest BCUT2D eigenvalue weighted by atomic mass is 10.1. The lowest BCUT2D eigenvalue weighted by Gasteiger charge is -2.27. The second-order valence-electron chi connectivity index (χ2n) is 6.89. The lowest BCUT2D eigenvalue weighted by Crippen LogP contribution is -2.41. The molecule has 6 heteroatoms. The summed E-state index contributed by atoms with van der Waals surface area (Å²) in [5, 5.41) is 3.07. The zero-order valence-electron chi connectivity index (χ0n) is 14.6. The Balaban J connectivity index is 1.34. The predicted octanol–water partition coefficient (Wildman–Crippen LogP) is 1.61. The van der Waals surface area contributed by atoms with Crippen molar-refractivity contribution in [2.45, 2.75) is 19.2 Å². The number of amides is 1. The van der Waals surface area contributed by atoms with E-state index in [0.29, 0.717) is 19.8 Å². The second-order valence-corrected chi connectivity index (χ2v) is 6.89. The first kappa shape index (κ1) is 17.0. The van der Waals surface area contributed by atoms with Gasteiger partial charge in [0.2, 0.25) is 5.91 Å². The number of hydrogen-bond donors (Lipinski definition) is 1. The molecule has 0 aliphatic carbocycles. The van der Waals surface area contributed by atoms with Crippen LogP contribution < -0.4 is 10.1 Å². The van der Waals surface area contributed by atoms with E-state index in [0.717, 1.165) is 31.1 Å². The summed E-state index contributed by atoms with van der Waals surface area (Å²) in [6.07, 6.45) is 1.77. The van der Waals surface area contributed by atoms with Crippen LogP contribution in [0, 0.1) is 5.92 Å². The monoisotopic (exact) mass is 353 g/mol. The van der Waals surface area contributed by atoms with Crippen LogP contribution >= 0.6 is 0 Å². The first-order valence-corrected chi connectivity index (χ1v) is 8.98. The number of nitrogens with zero attached hydrogens (tertiary/aromatic N) is 2. The Bertz CT molecular complexity index is 736. The number of aromatic nitrogens is 1. The Morgan fingerprint density at radius 3 is 2.85 bits per heavy atom. The van der Waals surface area contributed by atoms with E-state index in [2.05, 4.69) is 27.3 Å². The van der Waals surface area contributed by atoms with Crippen molar-refractivity contribution in [3.05, 3.63) is 59.9 Å². The van der Waals surface area contributed by atoms with Crippen molar-refractivity contribution in [2.24, 2.45) is 5.92 Å². The first-order valence-electron chi connectivity index (χ1n) is 8.98. The molecule has 0 radical (unpaired) electrons. The van der Waals surface area contributed by atoms with Gasteiger partial charge in [-0.25, -0.2) is 0 Å². The molecule has 0 spiro atoms. The number of pyridine rings is 1. The molecule has 2 aromatic rings. The Kier molecular flexibility index (Phi) is 5.13. The minimum absolute atomic E-state index is 0.0796. The molecule has 1 amide bonds. The van der Waals surface area contributed by atoms with Crippen molar-refractivity contribution in [1.29, 1.82) is 0 Å². The number of carbonyl (C=O) groups is 1. The Hall–Kier alpha value is -2.44. The van der Waals surface area contributed by atoms with Crippen LogP contribution in [0.25, 0.3) is 0 Å². The smallest absolute Gasteiger partial charge is 0.227 e. The van der Waals surface area contributed by atoms with E-state index < -0.39 is 0 Å². The summed E-state index contributed by atoms with van der Waals surface area (Å²) < 4.78 is 11.4. The van der Waals surface area contributed by atoms with Gasteiger partial charge in [0.15, 0.2) is 0 Å². The number of carbonyl (C=O) groups excluding carboxylic acids is 1. The van der Waals surface area contributed by atoms with Gasteiger partial charge < -0.3 is 14.8 Å². The van der Waals surface area contributed by atoms with E-state index in [4.69, 9.17) is 9.47 Å². The summed E-state index contributed by atoms with van der Waals surface area (Å²) in [7, 11) is 0. The molecule has 26 heavy (non-hydrogen) atoms. The van der Waals surface area contributed by atoms with Crippen LogP contribution in [0.15, 0.2) is 48.7 Å². The van der Waals surface area contributed by atoms with E-state index in [-0.39, 0.29) is 17.9 Å². The van der Waals surface area contributed by atoms with E-state index in [1.165, 1.54) is 5.56 Å². The lowest BCUT2D eigenvalue weighted by molar-refractivity contribution is -0.125. The summed E-state index contributed by atoms with van der Waals surface area (Å²) in [4.78, 5) is 18.7. The molecule has 136 valence electrons. The largest absolute Gasteiger partial charge is 0.487 e. The highest BCUT2D eigenvalue weighted by atomic mass is 16.5. The minimum atomic E-state index is -0.0801. The number of benzene rings is 1. The van der Waals surface area contributed by atoms with Gasteiger partial charge in [-0.1, -0.05) is 18.2 Å². The molecule has 0 saturated carbocycles. The van der Waals surface area contributed by atoms with Crippen LogP contribution in [0.3, 0.4) is 0 Å². The fourth-order valence-electron chi connectivity index (χ4n) is 3.44. The third kappa shape index (κ3) is 4.20. The van der Waals surface area contributed by atoms with Gasteiger partial charge in [-0.2, -0.15) is 0 Å². The number of fused-ring (bicyclic) bond motifs is 3. The Labute approximate surface area is 153 Å². The molecule has 1 aromatic heterocycles. The highest BCUT2D eigenvalue weighted by Gasteiger charge is 2.32. The molecular weight excluding hydrogens is 330 g/mol. The summed E-state index contributed by atoms with van der Waals surface area (Å²) >= 11 is 0. The van der Waals surface area contributed by atoms with Crippen molar-refractivity contribution >= 4 is 5.91 Å². The molecule has 2 fully saturated rings. The minimum Gasteiger partial charge on any atom is -0.487 e. The maximum absolute atomic E-state index is 12.1. The Morgan fingerprint density at radius 2 is 2.04 bits per heavy atom. The average Bonchev–Trinajstić information content (AvgIpc) is 2.90. The summed E-state index contributed by atoms with van der Waals surface area (Å²) in [5.74, 6) is 0.870.